The molecular weight excluding hydrogens is 997 g/mol. The highest BCUT2D eigenvalue weighted by Crippen LogP contribution is 2.63. The second kappa shape index (κ2) is 16.7. The van der Waals surface area contributed by atoms with Crippen molar-refractivity contribution < 1.29 is 0 Å². The average Bonchev–Trinajstić information content (AvgIpc) is 4.46. The van der Waals surface area contributed by atoms with Crippen molar-refractivity contribution in [2.24, 2.45) is 0 Å². The molecule has 0 amide bonds. The van der Waals surface area contributed by atoms with Crippen LogP contribution in [0.1, 0.15) is 44.5 Å². The van der Waals surface area contributed by atoms with E-state index in [1.54, 1.807) is 0 Å². The fourth-order valence-corrected chi connectivity index (χ4v) is 16.4. The summed E-state index contributed by atoms with van der Waals surface area (Å²) in [7, 11) is 0. The van der Waals surface area contributed by atoms with Gasteiger partial charge in [-0.1, -0.05) is 231 Å². The van der Waals surface area contributed by atoms with Crippen molar-refractivity contribution in [3.8, 4) is 39.1 Å². The highest BCUT2D eigenvalue weighted by atomic mass is 32.1. The minimum atomic E-state index is -0.625. The molecule has 3 heteroatoms. The number of benzene rings is 13. The molecule has 2 aromatic heterocycles. The summed E-state index contributed by atoms with van der Waals surface area (Å²) >= 11 is 1.87. The maximum atomic E-state index is 2.58. The Labute approximate surface area is 473 Å². The van der Waals surface area contributed by atoms with E-state index in [1.165, 1.54) is 136 Å². The van der Waals surface area contributed by atoms with Crippen molar-refractivity contribution in [1.29, 1.82) is 0 Å². The Morgan fingerprint density at radius 2 is 0.877 bits per heavy atom. The van der Waals surface area contributed by atoms with Crippen LogP contribution in [0.4, 0.5) is 17.1 Å². The van der Waals surface area contributed by atoms with Crippen molar-refractivity contribution >= 4 is 81.1 Å². The van der Waals surface area contributed by atoms with Gasteiger partial charge in [0, 0.05) is 47.7 Å². The van der Waals surface area contributed by atoms with Gasteiger partial charge in [0.2, 0.25) is 0 Å². The first kappa shape index (κ1) is 44.9. The third kappa shape index (κ3) is 5.90. The summed E-state index contributed by atoms with van der Waals surface area (Å²) in [5, 5.41) is 7.58. The van der Waals surface area contributed by atoms with E-state index >= 15 is 0 Å². The lowest BCUT2D eigenvalue weighted by molar-refractivity contribution is 0.748. The molecule has 1 spiro atoms. The van der Waals surface area contributed by atoms with Gasteiger partial charge in [0.1, 0.15) is 0 Å². The lowest BCUT2D eigenvalue weighted by atomic mass is 9.65. The topological polar surface area (TPSA) is 8.17 Å². The van der Waals surface area contributed by atoms with Gasteiger partial charge in [-0.15, -0.1) is 11.3 Å². The summed E-state index contributed by atoms with van der Waals surface area (Å²) in [6.45, 7) is 0. The Bertz CT molecular complexity index is 5080. The van der Waals surface area contributed by atoms with Crippen molar-refractivity contribution in [2.45, 2.75) is 10.8 Å². The molecule has 2 nitrogen and oxygen atoms in total. The van der Waals surface area contributed by atoms with Gasteiger partial charge in [-0.3, -0.25) is 0 Å². The summed E-state index contributed by atoms with van der Waals surface area (Å²) < 4.78 is 5.17. The third-order valence-corrected chi connectivity index (χ3v) is 19.6. The van der Waals surface area contributed by atoms with E-state index < -0.39 is 10.8 Å². The molecular formula is C78H48N2S. The summed E-state index contributed by atoms with van der Waals surface area (Å²) in [5.74, 6) is 0. The van der Waals surface area contributed by atoms with Crippen LogP contribution in [0.15, 0.2) is 291 Å². The number of anilines is 3. The summed E-state index contributed by atoms with van der Waals surface area (Å²) in [5.41, 5.74) is 23.6. The molecule has 376 valence electrons. The zero-order valence-corrected chi connectivity index (χ0v) is 44.8. The number of para-hydroxylation sites is 3. The second-order valence-electron chi connectivity index (χ2n) is 22.2. The van der Waals surface area contributed by atoms with Crippen molar-refractivity contribution in [2.75, 3.05) is 4.90 Å². The molecule has 1 aliphatic heterocycles. The number of hydrogen-bond acceptors (Lipinski definition) is 2. The zero-order valence-electron chi connectivity index (χ0n) is 44.0. The van der Waals surface area contributed by atoms with Crippen LogP contribution in [0.2, 0.25) is 0 Å². The number of nitrogens with zero attached hydrogens (tertiary/aromatic N) is 2. The molecule has 2 aliphatic carbocycles. The minimum Gasteiger partial charge on any atom is -0.310 e. The first-order valence-electron chi connectivity index (χ1n) is 28.2. The maximum absolute atomic E-state index is 2.58. The molecule has 0 N–H and O–H groups in total. The lowest BCUT2D eigenvalue weighted by Gasteiger charge is -2.40. The van der Waals surface area contributed by atoms with Crippen molar-refractivity contribution in [3.63, 3.8) is 0 Å². The summed E-state index contributed by atoms with van der Waals surface area (Å²) in [6.07, 6.45) is 0. The molecule has 1 atom stereocenters. The fourth-order valence-electron chi connectivity index (χ4n) is 15.3. The van der Waals surface area contributed by atoms with Gasteiger partial charge in [-0.05, 0) is 144 Å². The molecule has 0 bridgehead atoms. The molecule has 0 radical (unpaired) electrons. The number of fused-ring (bicyclic) bond motifs is 20. The van der Waals surface area contributed by atoms with Gasteiger partial charge >= 0.3 is 0 Å². The quantitative estimate of drug-likeness (QED) is 0.161. The Balaban J connectivity index is 0.934. The smallest absolute Gasteiger partial charge is 0.0755 e. The summed E-state index contributed by atoms with van der Waals surface area (Å²) in [6, 6.07) is 110. The van der Waals surface area contributed by atoms with Crippen LogP contribution >= 0.6 is 11.3 Å². The van der Waals surface area contributed by atoms with Crippen LogP contribution in [0, 0.1) is 0 Å². The van der Waals surface area contributed by atoms with Crippen LogP contribution < -0.4 is 4.90 Å². The largest absolute Gasteiger partial charge is 0.310 e. The molecule has 0 fully saturated rings. The Morgan fingerprint density at radius 3 is 1.67 bits per heavy atom. The number of rotatable bonds is 6. The van der Waals surface area contributed by atoms with Crippen molar-refractivity contribution in [1.82, 2.24) is 4.57 Å². The predicted molar refractivity (Wildman–Crippen MR) is 339 cm³/mol. The molecule has 15 aromatic rings. The Hall–Kier alpha value is -10.1. The molecule has 81 heavy (non-hydrogen) atoms. The van der Waals surface area contributed by atoms with E-state index in [9.17, 15) is 0 Å². The normalized spacial score (nSPS) is 15.1. The van der Waals surface area contributed by atoms with Gasteiger partial charge in [0.15, 0.2) is 0 Å². The van der Waals surface area contributed by atoms with Crippen LogP contribution in [0.5, 0.6) is 0 Å². The number of aromatic nitrogens is 1. The molecule has 0 saturated carbocycles. The maximum Gasteiger partial charge on any atom is 0.0755 e. The predicted octanol–water partition coefficient (Wildman–Crippen LogP) is 20.5. The van der Waals surface area contributed by atoms with Crippen LogP contribution in [0.25, 0.3) is 91.8 Å². The first-order chi connectivity index (χ1) is 40.2. The van der Waals surface area contributed by atoms with Gasteiger partial charge in [0.25, 0.3) is 0 Å². The van der Waals surface area contributed by atoms with E-state index in [1.807, 2.05) is 11.3 Å². The van der Waals surface area contributed by atoms with Crippen LogP contribution in [0.3, 0.4) is 0 Å². The van der Waals surface area contributed by atoms with Crippen LogP contribution in [-0.2, 0) is 10.8 Å². The van der Waals surface area contributed by atoms with Crippen molar-refractivity contribution in [3.05, 3.63) is 336 Å². The van der Waals surface area contributed by atoms with E-state index in [4.69, 9.17) is 0 Å². The highest BCUT2D eigenvalue weighted by molar-refractivity contribution is 7.25. The number of thiophene rings is 1. The van der Waals surface area contributed by atoms with Gasteiger partial charge in [-0.25, -0.2) is 0 Å². The molecule has 18 rings (SSSR count). The van der Waals surface area contributed by atoms with Gasteiger partial charge in [0.05, 0.1) is 33.2 Å². The SMILES string of the molecule is c1ccc(C2(c3ccccc3)c3ccccc3-c3c2cc(N(c2ccc(-c4ccc5sc6ccccc6c5c4)cc2)c2ccc4c(c2)C2(c5ccccc5-4)c4ccccc4-n4c5ccccc5c5cccc2c54)c2ccccc32)cc1. The van der Waals surface area contributed by atoms with Crippen LogP contribution in [-0.4, -0.2) is 4.57 Å². The zero-order chi connectivity index (χ0) is 53.0. The molecule has 0 saturated heterocycles. The Morgan fingerprint density at radius 1 is 0.309 bits per heavy atom. The fraction of sp³-hybridized carbons (Fsp3) is 0.0256. The van der Waals surface area contributed by atoms with Gasteiger partial charge in [-0.2, -0.15) is 0 Å². The second-order valence-corrected chi connectivity index (χ2v) is 23.3. The molecule has 13 aromatic carbocycles. The van der Waals surface area contributed by atoms with E-state index in [-0.39, 0.29) is 0 Å². The standard InChI is InChI=1S/C78H48N2S/c1-3-20-51(21-4-1)77(52-22-5-2-6-23-52)65-32-14-10-29-62(65)75-60-28-8-7-25-57(60)72(48-69(75)77)79(53-41-38-49(39-42-53)50-40-45-74-63(46-50)59-27-12-18-37-73(59)81-74)54-43-44-56-55-24-9-13-31-64(55)78(68(56)47-54)66-33-15-17-36-71(66)80-70-35-16-11-26-58(70)61-30-19-34-67(78)76(61)80/h1-48H. The van der Waals surface area contributed by atoms with Gasteiger partial charge < -0.3 is 9.47 Å². The highest BCUT2D eigenvalue weighted by Gasteiger charge is 2.52. The van der Waals surface area contributed by atoms with E-state index in [0.29, 0.717) is 0 Å². The lowest BCUT2D eigenvalue weighted by Crippen LogP contribution is -2.33. The monoisotopic (exact) mass is 1040 g/mol. The third-order valence-electron chi connectivity index (χ3n) is 18.5. The molecule has 1 unspecified atom stereocenters. The average molecular weight is 1050 g/mol. The number of hydrogen-bond donors (Lipinski definition) is 0. The van der Waals surface area contributed by atoms with E-state index in [0.717, 1.165) is 17.1 Å². The molecule has 3 heterocycles. The first-order valence-corrected chi connectivity index (χ1v) is 29.0. The minimum absolute atomic E-state index is 0.611. The summed E-state index contributed by atoms with van der Waals surface area (Å²) in [4.78, 5) is 2.58. The molecule has 3 aliphatic rings. The van der Waals surface area contributed by atoms with E-state index in [2.05, 4.69) is 301 Å². The Kier molecular flexibility index (Phi) is 9.27.